The van der Waals surface area contributed by atoms with Gasteiger partial charge in [-0.05, 0) is 29.5 Å². The molecule has 1 saturated heterocycles. The van der Waals surface area contributed by atoms with Crippen molar-refractivity contribution in [2.45, 2.75) is 19.4 Å². The Morgan fingerprint density at radius 1 is 1.21 bits per heavy atom. The Kier molecular flexibility index (Phi) is 5.29. The van der Waals surface area contributed by atoms with Crippen molar-refractivity contribution in [1.82, 2.24) is 9.80 Å². The van der Waals surface area contributed by atoms with E-state index in [2.05, 4.69) is 11.0 Å². The smallest absolute Gasteiger partial charge is 0.227 e. The van der Waals surface area contributed by atoms with Crippen LogP contribution >= 0.6 is 11.3 Å². The number of nitriles is 1. The van der Waals surface area contributed by atoms with Gasteiger partial charge < -0.3 is 4.90 Å². The summed E-state index contributed by atoms with van der Waals surface area (Å²) in [5.74, 6) is 0.182. The Hall–Kier alpha value is -2.16. The van der Waals surface area contributed by atoms with Crippen molar-refractivity contribution in [2.24, 2.45) is 0 Å². The summed E-state index contributed by atoms with van der Waals surface area (Å²) >= 11 is 1.62. The van der Waals surface area contributed by atoms with Crippen LogP contribution in [0.4, 0.5) is 0 Å². The van der Waals surface area contributed by atoms with Gasteiger partial charge in [-0.1, -0.05) is 30.3 Å². The number of aryl methyl sites for hydroxylation is 1. The van der Waals surface area contributed by atoms with Crippen molar-refractivity contribution in [3.63, 3.8) is 0 Å². The van der Waals surface area contributed by atoms with Crippen molar-refractivity contribution >= 4 is 17.2 Å². The first-order valence-electron chi connectivity index (χ1n) is 8.18. The number of carbonyl (C=O) groups is 1. The van der Waals surface area contributed by atoms with Crippen LogP contribution in [0.2, 0.25) is 0 Å². The van der Waals surface area contributed by atoms with Crippen LogP contribution in [0.25, 0.3) is 0 Å². The first kappa shape index (κ1) is 16.7. The molecular weight excluding hydrogens is 318 g/mol. The lowest BCUT2D eigenvalue weighted by Crippen LogP contribution is -2.49. The number of piperazine rings is 1. The van der Waals surface area contributed by atoms with E-state index in [1.807, 2.05) is 53.6 Å². The van der Waals surface area contributed by atoms with E-state index in [0.717, 1.165) is 29.1 Å². The number of rotatable bonds is 4. The maximum absolute atomic E-state index is 12.4. The molecule has 1 aliphatic rings. The van der Waals surface area contributed by atoms with Crippen molar-refractivity contribution < 1.29 is 4.79 Å². The Morgan fingerprint density at radius 2 is 1.96 bits per heavy atom. The minimum absolute atomic E-state index is 0.182. The number of benzene rings is 1. The summed E-state index contributed by atoms with van der Waals surface area (Å²) in [5, 5.41) is 11.6. The maximum Gasteiger partial charge on any atom is 0.227 e. The van der Waals surface area contributed by atoms with E-state index in [0.29, 0.717) is 19.5 Å². The lowest BCUT2D eigenvalue weighted by atomic mass is 10.0. The summed E-state index contributed by atoms with van der Waals surface area (Å²) in [6, 6.07) is 14.2. The zero-order chi connectivity index (χ0) is 16.9. The molecule has 2 aromatic rings. The predicted molar refractivity (Wildman–Crippen MR) is 95.7 cm³/mol. The van der Waals surface area contributed by atoms with E-state index in [-0.39, 0.29) is 11.9 Å². The minimum Gasteiger partial charge on any atom is -0.340 e. The van der Waals surface area contributed by atoms with E-state index in [1.54, 1.807) is 11.3 Å². The Balaban J connectivity index is 1.61. The van der Waals surface area contributed by atoms with Gasteiger partial charge >= 0.3 is 0 Å². The van der Waals surface area contributed by atoms with Crippen LogP contribution in [0, 0.1) is 18.3 Å². The quantitative estimate of drug-likeness (QED) is 0.860. The first-order chi connectivity index (χ1) is 11.7. The summed E-state index contributed by atoms with van der Waals surface area (Å²) in [5.41, 5.74) is 2.21. The average Bonchev–Trinajstić information content (AvgIpc) is 3.11. The molecule has 24 heavy (non-hydrogen) atoms. The van der Waals surface area contributed by atoms with Gasteiger partial charge in [-0.3, -0.25) is 9.69 Å². The highest BCUT2D eigenvalue weighted by Crippen LogP contribution is 2.24. The van der Waals surface area contributed by atoms with Crippen LogP contribution < -0.4 is 0 Å². The lowest BCUT2D eigenvalue weighted by Gasteiger charge is -2.37. The highest BCUT2D eigenvalue weighted by Gasteiger charge is 2.27. The maximum atomic E-state index is 12.4. The molecular formula is C19H21N3OS. The Labute approximate surface area is 146 Å². The molecule has 0 N–H and O–H groups in total. The number of carbonyl (C=O) groups excluding carboxylic acids is 1. The zero-order valence-electron chi connectivity index (χ0n) is 13.8. The molecule has 124 valence electrons. The fourth-order valence-corrected chi connectivity index (χ4v) is 3.84. The molecule has 0 bridgehead atoms. The molecule has 1 atom stereocenters. The fraction of sp³-hybridized carbons (Fsp3) is 0.368. The topological polar surface area (TPSA) is 47.3 Å². The molecule has 4 nitrogen and oxygen atoms in total. The molecule has 0 aliphatic carbocycles. The zero-order valence-corrected chi connectivity index (χ0v) is 14.6. The second kappa shape index (κ2) is 7.61. The number of hydrogen-bond donors (Lipinski definition) is 0. The predicted octanol–water partition coefficient (Wildman–Crippen LogP) is 3.01. The van der Waals surface area contributed by atoms with Crippen molar-refractivity contribution in [2.75, 3.05) is 26.2 Å². The van der Waals surface area contributed by atoms with Crippen molar-refractivity contribution in [3.05, 3.63) is 57.8 Å². The molecule has 0 spiro atoms. The lowest BCUT2D eigenvalue weighted by molar-refractivity contribution is -0.132. The Morgan fingerprint density at radius 3 is 2.58 bits per heavy atom. The van der Waals surface area contributed by atoms with E-state index in [4.69, 9.17) is 0 Å². The van der Waals surface area contributed by atoms with Gasteiger partial charge in [-0.15, -0.1) is 11.3 Å². The SMILES string of the molecule is Cc1ccccc1C(C#N)N1CCN(C(=O)Cc2cccs2)CC1. The summed E-state index contributed by atoms with van der Waals surface area (Å²) in [4.78, 5) is 17.6. The molecule has 2 heterocycles. The molecule has 1 unspecified atom stereocenters. The molecule has 1 fully saturated rings. The standard InChI is InChI=1S/C19H21N3OS/c1-15-5-2-3-7-17(15)18(14-20)21-8-10-22(11-9-21)19(23)13-16-6-4-12-24-16/h2-7,12,18H,8-11,13H2,1H3. The molecule has 1 aliphatic heterocycles. The summed E-state index contributed by atoms with van der Waals surface area (Å²) in [6.45, 7) is 4.90. The highest BCUT2D eigenvalue weighted by molar-refractivity contribution is 7.10. The van der Waals surface area contributed by atoms with Crippen LogP contribution in [-0.2, 0) is 11.2 Å². The monoisotopic (exact) mass is 339 g/mol. The molecule has 3 rings (SSSR count). The van der Waals surface area contributed by atoms with Crippen LogP contribution in [0.3, 0.4) is 0 Å². The summed E-state index contributed by atoms with van der Waals surface area (Å²) < 4.78 is 0. The highest BCUT2D eigenvalue weighted by atomic mass is 32.1. The third-order valence-electron chi connectivity index (χ3n) is 4.54. The van der Waals surface area contributed by atoms with Crippen LogP contribution in [0.5, 0.6) is 0 Å². The second-order valence-electron chi connectivity index (χ2n) is 6.06. The van der Waals surface area contributed by atoms with Crippen molar-refractivity contribution in [3.8, 4) is 6.07 Å². The molecule has 1 amide bonds. The molecule has 5 heteroatoms. The van der Waals surface area contributed by atoms with E-state index >= 15 is 0 Å². The summed E-state index contributed by atoms with van der Waals surface area (Å²) in [6.07, 6.45) is 0.483. The van der Waals surface area contributed by atoms with Crippen LogP contribution in [0.1, 0.15) is 22.0 Å². The molecule has 1 aromatic carbocycles. The Bertz CT molecular complexity index is 727. The van der Waals surface area contributed by atoms with E-state index in [1.165, 1.54) is 0 Å². The van der Waals surface area contributed by atoms with Gasteiger partial charge in [0.1, 0.15) is 6.04 Å². The normalized spacial score (nSPS) is 16.6. The minimum atomic E-state index is -0.235. The molecule has 1 aromatic heterocycles. The first-order valence-corrected chi connectivity index (χ1v) is 9.06. The summed E-state index contributed by atoms with van der Waals surface area (Å²) in [7, 11) is 0. The van der Waals surface area contributed by atoms with E-state index < -0.39 is 0 Å². The molecule has 0 radical (unpaired) electrons. The van der Waals surface area contributed by atoms with Crippen LogP contribution in [0.15, 0.2) is 41.8 Å². The number of thiophene rings is 1. The van der Waals surface area contributed by atoms with Gasteiger partial charge in [0.2, 0.25) is 5.91 Å². The van der Waals surface area contributed by atoms with Gasteiger partial charge in [0, 0.05) is 31.1 Å². The van der Waals surface area contributed by atoms with Gasteiger partial charge in [-0.2, -0.15) is 5.26 Å². The third kappa shape index (κ3) is 3.66. The van der Waals surface area contributed by atoms with E-state index in [9.17, 15) is 10.1 Å². The van der Waals surface area contributed by atoms with Gasteiger partial charge in [-0.25, -0.2) is 0 Å². The molecule has 0 saturated carbocycles. The number of hydrogen-bond acceptors (Lipinski definition) is 4. The average molecular weight is 339 g/mol. The van der Waals surface area contributed by atoms with Gasteiger partial charge in [0.15, 0.2) is 0 Å². The largest absolute Gasteiger partial charge is 0.340 e. The van der Waals surface area contributed by atoms with Crippen LogP contribution in [-0.4, -0.2) is 41.9 Å². The third-order valence-corrected chi connectivity index (χ3v) is 5.42. The van der Waals surface area contributed by atoms with Crippen molar-refractivity contribution in [1.29, 1.82) is 5.26 Å². The fourth-order valence-electron chi connectivity index (χ4n) is 3.15. The second-order valence-corrected chi connectivity index (χ2v) is 7.09. The van der Waals surface area contributed by atoms with Gasteiger partial charge in [0.05, 0.1) is 12.5 Å². The number of nitrogens with zero attached hydrogens (tertiary/aromatic N) is 3. The number of amides is 1. The van der Waals surface area contributed by atoms with Gasteiger partial charge in [0.25, 0.3) is 0 Å².